The molecule has 0 radical (unpaired) electrons. The Bertz CT molecular complexity index is 505. The van der Waals surface area contributed by atoms with Gasteiger partial charge in [0.1, 0.15) is 5.82 Å². The second-order valence-corrected chi connectivity index (χ2v) is 4.49. The van der Waals surface area contributed by atoms with Gasteiger partial charge in [-0.25, -0.2) is 4.98 Å². The summed E-state index contributed by atoms with van der Waals surface area (Å²) in [6.07, 6.45) is 1.84. The van der Waals surface area contributed by atoms with Gasteiger partial charge in [-0.2, -0.15) is 0 Å². The average molecular weight is 241 g/mol. The van der Waals surface area contributed by atoms with Crippen molar-refractivity contribution in [3.63, 3.8) is 0 Å². The molecule has 0 aliphatic heterocycles. The van der Waals surface area contributed by atoms with E-state index in [0.29, 0.717) is 0 Å². The van der Waals surface area contributed by atoms with Crippen LogP contribution in [0, 0.1) is 6.92 Å². The first kappa shape index (κ1) is 12.4. The van der Waals surface area contributed by atoms with Gasteiger partial charge < -0.3 is 10.2 Å². The Labute approximate surface area is 108 Å². The Morgan fingerprint density at radius 3 is 2.56 bits per heavy atom. The molecule has 0 bridgehead atoms. The minimum absolute atomic E-state index is 0.875. The smallest absolute Gasteiger partial charge is 0.125 e. The summed E-state index contributed by atoms with van der Waals surface area (Å²) in [6, 6.07) is 12.7. The quantitative estimate of drug-likeness (QED) is 0.891. The molecule has 1 aromatic carbocycles. The lowest BCUT2D eigenvalue weighted by atomic mass is 10.2. The molecule has 0 saturated heterocycles. The third kappa shape index (κ3) is 3.00. The van der Waals surface area contributed by atoms with Crippen LogP contribution in [0.15, 0.2) is 42.6 Å². The maximum Gasteiger partial charge on any atom is 0.125 e. The monoisotopic (exact) mass is 241 g/mol. The van der Waals surface area contributed by atoms with Gasteiger partial charge in [0.2, 0.25) is 0 Å². The predicted molar refractivity (Wildman–Crippen MR) is 77.1 cm³/mol. The van der Waals surface area contributed by atoms with E-state index in [1.54, 1.807) is 0 Å². The van der Waals surface area contributed by atoms with Crippen LogP contribution in [0.2, 0.25) is 0 Å². The standard InChI is InChI=1S/C15H19N3/c1-12-4-6-14(7-5-12)18(3)11-13-8-9-17-15(10-13)16-2/h4-10H,11H2,1-3H3,(H,16,17). The molecule has 0 aliphatic carbocycles. The third-order valence-electron chi connectivity index (χ3n) is 2.97. The van der Waals surface area contributed by atoms with Crippen molar-refractivity contribution in [1.29, 1.82) is 0 Å². The van der Waals surface area contributed by atoms with Crippen LogP contribution in [-0.2, 0) is 6.54 Å². The fourth-order valence-corrected chi connectivity index (χ4v) is 1.87. The van der Waals surface area contributed by atoms with E-state index in [-0.39, 0.29) is 0 Å². The number of aromatic nitrogens is 1. The number of aryl methyl sites for hydroxylation is 1. The number of nitrogens with one attached hydrogen (secondary N) is 1. The fourth-order valence-electron chi connectivity index (χ4n) is 1.87. The number of hydrogen-bond acceptors (Lipinski definition) is 3. The summed E-state index contributed by atoms with van der Waals surface area (Å²) in [7, 11) is 3.99. The van der Waals surface area contributed by atoms with Crippen molar-refractivity contribution in [2.75, 3.05) is 24.3 Å². The number of rotatable bonds is 4. The Hall–Kier alpha value is -2.03. The molecule has 3 heteroatoms. The van der Waals surface area contributed by atoms with Gasteiger partial charge in [-0.05, 0) is 36.8 Å². The Balaban J connectivity index is 2.10. The number of hydrogen-bond donors (Lipinski definition) is 1. The van der Waals surface area contributed by atoms with E-state index in [2.05, 4.69) is 59.5 Å². The second-order valence-electron chi connectivity index (χ2n) is 4.49. The molecule has 0 saturated carbocycles. The van der Waals surface area contributed by atoms with Crippen molar-refractivity contribution in [3.05, 3.63) is 53.7 Å². The first-order chi connectivity index (χ1) is 8.69. The minimum Gasteiger partial charge on any atom is -0.373 e. The number of anilines is 2. The molecular weight excluding hydrogens is 222 g/mol. The van der Waals surface area contributed by atoms with Gasteiger partial charge in [-0.1, -0.05) is 17.7 Å². The maximum atomic E-state index is 4.22. The molecule has 0 spiro atoms. The zero-order valence-electron chi connectivity index (χ0n) is 11.1. The van der Waals surface area contributed by atoms with Gasteiger partial charge in [0.25, 0.3) is 0 Å². The number of nitrogens with zero attached hydrogens (tertiary/aromatic N) is 2. The highest BCUT2D eigenvalue weighted by atomic mass is 15.1. The highest BCUT2D eigenvalue weighted by Crippen LogP contribution is 2.17. The van der Waals surface area contributed by atoms with Gasteiger partial charge in [0.15, 0.2) is 0 Å². The molecule has 2 rings (SSSR count). The van der Waals surface area contributed by atoms with E-state index < -0.39 is 0 Å². The molecule has 18 heavy (non-hydrogen) atoms. The highest BCUT2D eigenvalue weighted by molar-refractivity contribution is 5.48. The first-order valence-corrected chi connectivity index (χ1v) is 6.09. The first-order valence-electron chi connectivity index (χ1n) is 6.09. The number of pyridine rings is 1. The maximum absolute atomic E-state index is 4.22. The Morgan fingerprint density at radius 2 is 1.89 bits per heavy atom. The lowest BCUT2D eigenvalue weighted by Gasteiger charge is -2.19. The predicted octanol–water partition coefficient (Wildman–Crippen LogP) is 3.07. The van der Waals surface area contributed by atoms with E-state index in [4.69, 9.17) is 0 Å². The lowest BCUT2D eigenvalue weighted by Crippen LogP contribution is -2.16. The van der Waals surface area contributed by atoms with Gasteiger partial charge in [-0.15, -0.1) is 0 Å². The summed E-state index contributed by atoms with van der Waals surface area (Å²) in [6.45, 7) is 2.98. The SMILES string of the molecule is CNc1cc(CN(C)c2ccc(C)cc2)ccn1. The summed E-state index contributed by atoms with van der Waals surface area (Å²) in [5.74, 6) is 0.907. The highest BCUT2D eigenvalue weighted by Gasteiger charge is 2.02. The van der Waals surface area contributed by atoms with Crippen LogP contribution < -0.4 is 10.2 Å². The van der Waals surface area contributed by atoms with Crippen LogP contribution in [0.1, 0.15) is 11.1 Å². The van der Waals surface area contributed by atoms with Crippen molar-refractivity contribution in [2.45, 2.75) is 13.5 Å². The van der Waals surface area contributed by atoms with Crippen LogP contribution in [0.5, 0.6) is 0 Å². The zero-order valence-corrected chi connectivity index (χ0v) is 11.1. The van der Waals surface area contributed by atoms with Crippen LogP contribution in [0.3, 0.4) is 0 Å². The van der Waals surface area contributed by atoms with Crippen LogP contribution in [-0.4, -0.2) is 19.1 Å². The minimum atomic E-state index is 0.875. The summed E-state index contributed by atoms with van der Waals surface area (Å²) in [4.78, 5) is 6.45. The Kier molecular flexibility index (Phi) is 3.82. The molecule has 1 N–H and O–H groups in total. The molecular formula is C15H19N3. The van der Waals surface area contributed by atoms with Gasteiger partial charge >= 0.3 is 0 Å². The van der Waals surface area contributed by atoms with Crippen LogP contribution >= 0.6 is 0 Å². The normalized spacial score (nSPS) is 10.2. The molecule has 94 valence electrons. The molecule has 0 unspecified atom stereocenters. The molecule has 0 atom stereocenters. The van der Waals surface area contributed by atoms with E-state index in [1.807, 2.05) is 19.3 Å². The van der Waals surface area contributed by atoms with E-state index in [1.165, 1.54) is 16.8 Å². The second kappa shape index (κ2) is 5.54. The van der Waals surface area contributed by atoms with E-state index in [9.17, 15) is 0 Å². The van der Waals surface area contributed by atoms with Gasteiger partial charge in [-0.3, -0.25) is 0 Å². The molecule has 0 aliphatic rings. The molecule has 0 amide bonds. The topological polar surface area (TPSA) is 28.2 Å². The summed E-state index contributed by atoms with van der Waals surface area (Å²) in [5.41, 5.74) is 3.76. The van der Waals surface area contributed by atoms with E-state index in [0.717, 1.165) is 12.4 Å². The Morgan fingerprint density at radius 1 is 1.17 bits per heavy atom. The fraction of sp³-hybridized carbons (Fsp3) is 0.267. The van der Waals surface area contributed by atoms with Crippen molar-refractivity contribution >= 4 is 11.5 Å². The number of benzene rings is 1. The van der Waals surface area contributed by atoms with Crippen molar-refractivity contribution < 1.29 is 0 Å². The molecule has 1 heterocycles. The molecule has 3 nitrogen and oxygen atoms in total. The van der Waals surface area contributed by atoms with Gasteiger partial charge in [0.05, 0.1) is 0 Å². The molecule has 0 fully saturated rings. The van der Waals surface area contributed by atoms with Crippen LogP contribution in [0.4, 0.5) is 11.5 Å². The summed E-state index contributed by atoms with van der Waals surface area (Å²) in [5, 5.41) is 3.06. The van der Waals surface area contributed by atoms with Crippen molar-refractivity contribution in [2.24, 2.45) is 0 Å². The zero-order chi connectivity index (χ0) is 13.0. The molecule has 1 aromatic heterocycles. The van der Waals surface area contributed by atoms with E-state index >= 15 is 0 Å². The lowest BCUT2D eigenvalue weighted by molar-refractivity contribution is 0.919. The van der Waals surface area contributed by atoms with Crippen molar-refractivity contribution in [1.82, 2.24) is 4.98 Å². The summed E-state index contributed by atoms with van der Waals surface area (Å²) < 4.78 is 0. The average Bonchev–Trinajstić information content (AvgIpc) is 2.39. The summed E-state index contributed by atoms with van der Waals surface area (Å²) >= 11 is 0. The molecule has 2 aromatic rings. The van der Waals surface area contributed by atoms with Crippen molar-refractivity contribution in [3.8, 4) is 0 Å². The third-order valence-corrected chi connectivity index (χ3v) is 2.97. The largest absolute Gasteiger partial charge is 0.373 e. The van der Waals surface area contributed by atoms with Crippen LogP contribution in [0.25, 0.3) is 0 Å². The van der Waals surface area contributed by atoms with Gasteiger partial charge in [0, 0.05) is 32.5 Å².